The van der Waals surface area contributed by atoms with Crippen molar-refractivity contribution < 1.29 is 14.9 Å². The summed E-state index contributed by atoms with van der Waals surface area (Å²) in [6.07, 6.45) is 0. The molecule has 0 bridgehead atoms. The molecular weight excluding hydrogens is 290 g/mol. The van der Waals surface area contributed by atoms with Crippen molar-refractivity contribution in [2.24, 2.45) is 0 Å². The van der Waals surface area contributed by atoms with Gasteiger partial charge in [-0.05, 0) is 17.7 Å². The van der Waals surface area contributed by atoms with Crippen molar-refractivity contribution in [3.8, 4) is 0 Å². The van der Waals surface area contributed by atoms with Crippen molar-refractivity contribution in [3.05, 3.63) is 48.0 Å². The molecule has 2 aromatic carbocycles. The number of hydrogen-bond donors (Lipinski definition) is 2. The molecule has 122 valence electrons. The molecule has 0 radical (unpaired) electrons. The molecule has 3 N–H and O–H groups in total. The fourth-order valence-corrected chi connectivity index (χ4v) is 2.46. The summed E-state index contributed by atoms with van der Waals surface area (Å²) in [4.78, 5) is 24.8. The Bertz CT molecular complexity index is 692. The van der Waals surface area contributed by atoms with Gasteiger partial charge >= 0.3 is 0 Å². The lowest BCUT2D eigenvalue weighted by Gasteiger charge is -2.14. The molecule has 5 nitrogen and oxygen atoms in total. The number of nitrogens with two attached hydrogens (primary N) is 1. The number of carbonyl (C=O) groups excluding carboxylic acids is 2. The van der Waals surface area contributed by atoms with E-state index in [2.05, 4.69) is 36.5 Å². The molecule has 2 rings (SSSR count). The van der Waals surface area contributed by atoms with Crippen LogP contribution in [0, 0.1) is 0 Å². The lowest BCUT2D eigenvalue weighted by molar-refractivity contribution is -0.682. The SMILES string of the molecule is C[C@H]([NH2+]CC(=O)NCC(=O)N(C)C)c1cccc2ccccc12. The molecule has 2 amide bonds. The third kappa shape index (κ3) is 4.53. The third-order valence-corrected chi connectivity index (χ3v) is 3.91. The quantitative estimate of drug-likeness (QED) is 0.823. The van der Waals surface area contributed by atoms with Crippen LogP contribution < -0.4 is 10.6 Å². The van der Waals surface area contributed by atoms with Crippen LogP contribution in [0.3, 0.4) is 0 Å². The van der Waals surface area contributed by atoms with E-state index in [1.165, 1.54) is 21.2 Å². The second-order valence-corrected chi connectivity index (χ2v) is 5.86. The minimum absolute atomic E-state index is 0.0440. The first-order valence-electron chi connectivity index (χ1n) is 7.77. The highest BCUT2D eigenvalue weighted by atomic mass is 16.2. The fourth-order valence-electron chi connectivity index (χ4n) is 2.46. The number of nitrogens with zero attached hydrogens (tertiary/aromatic N) is 1. The van der Waals surface area contributed by atoms with Crippen LogP contribution in [0.2, 0.25) is 0 Å². The number of hydrogen-bond acceptors (Lipinski definition) is 2. The van der Waals surface area contributed by atoms with Gasteiger partial charge in [0.05, 0.1) is 6.54 Å². The first-order chi connectivity index (χ1) is 11.0. The minimum Gasteiger partial charge on any atom is -0.347 e. The van der Waals surface area contributed by atoms with Gasteiger partial charge in [-0.25, -0.2) is 0 Å². The standard InChI is InChI=1S/C18H23N3O2/c1-13(19-11-17(22)20-12-18(23)21(2)3)15-10-6-8-14-7-4-5-9-16(14)15/h4-10,13,19H,11-12H2,1-3H3,(H,20,22)/p+1/t13-/m0/s1. The average Bonchev–Trinajstić information content (AvgIpc) is 2.56. The monoisotopic (exact) mass is 314 g/mol. The van der Waals surface area contributed by atoms with Crippen molar-refractivity contribution in [1.29, 1.82) is 0 Å². The highest BCUT2D eigenvalue weighted by Gasteiger charge is 2.14. The van der Waals surface area contributed by atoms with Gasteiger partial charge in [0, 0.05) is 19.7 Å². The van der Waals surface area contributed by atoms with E-state index in [9.17, 15) is 9.59 Å². The Kier molecular flexibility index (Phi) is 5.71. The molecule has 23 heavy (non-hydrogen) atoms. The maximum atomic E-state index is 11.9. The molecule has 5 heteroatoms. The van der Waals surface area contributed by atoms with E-state index in [-0.39, 0.29) is 24.4 Å². The number of nitrogens with one attached hydrogen (secondary N) is 1. The molecule has 0 saturated heterocycles. The maximum Gasteiger partial charge on any atom is 0.275 e. The molecule has 0 fully saturated rings. The second-order valence-electron chi connectivity index (χ2n) is 5.86. The van der Waals surface area contributed by atoms with Gasteiger partial charge in [0.2, 0.25) is 5.91 Å². The van der Waals surface area contributed by atoms with Gasteiger partial charge in [0.1, 0.15) is 6.04 Å². The molecule has 0 aliphatic heterocycles. The lowest BCUT2D eigenvalue weighted by atomic mass is 10.00. The van der Waals surface area contributed by atoms with Crippen LogP contribution in [0.4, 0.5) is 0 Å². The van der Waals surface area contributed by atoms with E-state index < -0.39 is 0 Å². The van der Waals surface area contributed by atoms with Gasteiger partial charge < -0.3 is 15.5 Å². The minimum atomic E-state index is -0.132. The number of carbonyl (C=O) groups is 2. The van der Waals surface area contributed by atoms with Crippen molar-refractivity contribution in [2.45, 2.75) is 13.0 Å². The first kappa shape index (κ1) is 17.0. The van der Waals surface area contributed by atoms with Crippen LogP contribution in [-0.2, 0) is 9.59 Å². The molecule has 0 aliphatic rings. The van der Waals surface area contributed by atoms with Crippen LogP contribution in [0.1, 0.15) is 18.5 Å². The Morgan fingerprint density at radius 3 is 2.57 bits per heavy atom. The summed E-state index contributed by atoms with van der Waals surface area (Å²) in [5.41, 5.74) is 1.21. The highest BCUT2D eigenvalue weighted by molar-refractivity contribution is 5.86. The predicted molar refractivity (Wildman–Crippen MR) is 90.9 cm³/mol. The zero-order chi connectivity index (χ0) is 16.8. The second kappa shape index (κ2) is 7.74. The Balaban J connectivity index is 1.92. The largest absolute Gasteiger partial charge is 0.347 e. The van der Waals surface area contributed by atoms with Gasteiger partial charge in [-0.2, -0.15) is 0 Å². The molecule has 0 heterocycles. The summed E-state index contributed by atoms with van der Waals surface area (Å²) in [7, 11) is 3.34. The number of rotatable bonds is 6. The lowest BCUT2D eigenvalue weighted by Crippen LogP contribution is -2.87. The van der Waals surface area contributed by atoms with Crippen molar-refractivity contribution in [1.82, 2.24) is 10.2 Å². The summed E-state index contributed by atoms with van der Waals surface area (Å²) in [6.45, 7) is 2.42. The molecule has 1 atom stereocenters. The number of fused-ring (bicyclic) bond motifs is 1. The number of quaternary nitrogens is 1. The molecule has 0 spiro atoms. The topological polar surface area (TPSA) is 66.0 Å². The Hall–Kier alpha value is -2.40. The predicted octanol–water partition coefficient (Wildman–Crippen LogP) is 0.669. The van der Waals surface area contributed by atoms with Crippen LogP contribution in [0.25, 0.3) is 10.8 Å². The average molecular weight is 314 g/mol. The number of likely N-dealkylation sites (N-methyl/N-ethyl adjacent to an activating group) is 1. The molecule has 0 aromatic heterocycles. The van der Waals surface area contributed by atoms with Gasteiger partial charge in [-0.15, -0.1) is 0 Å². The molecule has 2 aromatic rings. The fraction of sp³-hybridized carbons (Fsp3) is 0.333. The summed E-state index contributed by atoms with van der Waals surface area (Å²) in [6, 6.07) is 14.6. The van der Waals surface area contributed by atoms with E-state index >= 15 is 0 Å². The van der Waals surface area contributed by atoms with Crippen molar-refractivity contribution in [3.63, 3.8) is 0 Å². The zero-order valence-corrected chi connectivity index (χ0v) is 13.9. The normalized spacial score (nSPS) is 12.0. The van der Waals surface area contributed by atoms with Gasteiger partial charge in [0.25, 0.3) is 5.91 Å². The smallest absolute Gasteiger partial charge is 0.275 e. The molecule has 0 unspecified atom stereocenters. The Labute approximate surface area is 136 Å². The maximum absolute atomic E-state index is 11.9. The summed E-state index contributed by atoms with van der Waals surface area (Å²) >= 11 is 0. The summed E-state index contributed by atoms with van der Waals surface area (Å²) in [5, 5.41) is 7.04. The van der Waals surface area contributed by atoms with E-state index in [1.54, 1.807) is 14.1 Å². The van der Waals surface area contributed by atoms with Gasteiger partial charge in [-0.3, -0.25) is 9.59 Å². The van der Waals surface area contributed by atoms with E-state index in [1.807, 2.05) is 23.5 Å². The van der Waals surface area contributed by atoms with Gasteiger partial charge in [-0.1, -0.05) is 42.5 Å². The molecule has 0 saturated carbocycles. The van der Waals surface area contributed by atoms with Crippen LogP contribution >= 0.6 is 0 Å². The number of benzene rings is 2. The van der Waals surface area contributed by atoms with Crippen LogP contribution in [-0.4, -0.2) is 43.9 Å². The first-order valence-corrected chi connectivity index (χ1v) is 7.77. The van der Waals surface area contributed by atoms with E-state index in [4.69, 9.17) is 0 Å². The van der Waals surface area contributed by atoms with Crippen LogP contribution in [0.5, 0.6) is 0 Å². The highest BCUT2D eigenvalue weighted by Crippen LogP contribution is 2.21. The summed E-state index contributed by atoms with van der Waals surface area (Å²) in [5.74, 6) is -0.243. The van der Waals surface area contributed by atoms with Crippen molar-refractivity contribution >= 4 is 22.6 Å². The zero-order valence-electron chi connectivity index (χ0n) is 13.9. The van der Waals surface area contributed by atoms with Crippen LogP contribution in [0.15, 0.2) is 42.5 Å². The van der Waals surface area contributed by atoms with Gasteiger partial charge in [0.15, 0.2) is 6.54 Å². The Morgan fingerprint density at radius 1 is 1.13 bits per heavy atom. The summed E-state index contributed by atoms with van der Waals surface area (Å²) < 4.78 is 0. The third-order valence-electron chi connectivity index (χ3n) is 3.91. The Morgan fingerprint density at radius 2 is 1.83 bits per heavy atom. The van der Waals surface area contributed by atoms with Crippen molar-refractivity contribution in [2.75, 3.05) is 27.2 Å². The molecular formula is C18H24N3O2+. The van der Waals surface area contributed by atoms with E-state index in [0.29, 0.717) is 6.54 Å². The molecule has 0 aliphatic carbocycles. The number of amides is 2. The van der Waals surface area contributed by atoms with E-state index in [0.717, 1.165) is 0 Å².